The monoisotopic (exact) mass is 361 g/mol. The molecule has 2 aromatic rings. The Balaban J connectivity index is 1.69. The minimum absolute atomic E-state index is 0.0401. The molecule has 0 spiro atoms. The standard InChI is InChI=1S/C17H13BrClNO/c18-17(12-5-9-3-1-2-4-11(9)12)13-6-10-7-16(21)20-15(10)8-14(13)19/h1-4,6,8,12,17H,5,7H2,(H,20,21). The molecule has 0 radical (unpaired) electrons. The fourth-order valence-electron chi connectivity index (χ4n) is 3.25. The number of hydrogen-bond acceptors (Lipinski definition) is 1. The highest BCUT2D eigenvalue weighted by atomic mass is 79.9. The summed E-state index contributed by atoms with van der Waals surface area (Å²) in [5.41, 5.74) is 5.77. The summed E-state index contributed by atoms with van der Waals surface area (Å²) in [7, 11) is 0. The summed E-state index contributed by atoms with van der Waals surface area (Å²) in [6.07, 6.45) is 1.51. The topological polar surface area (TPSA) is 29.1 Å². The molecule has 1 heterocycles. The Labute approximate surface area is 136 Å². The summed E-state index contributed by atoms with van der Waals surface area (Å²) in [4.78, 5) is 11.7. The number of hydrogen-bond donors (Lipinski definition) is 1. The molecule has 106 valence electrons. The van der Waals surface area contributed by atoms with Gasteiger partial charge < -0.3 is 5.32 Å². The van der Waals surface area contributed by atoms with Crippen LogP contribution in [0.1, 0.15) is 33.0 Å². The number of nitrogens with one attached hydrogen (secondary N) is 1. The first-order valence-electron chi connectivity index (χ1n) is 6.97. The predicted octanol–water partition coefficient (Wildman–Crippen LogP) is 4.61. The largest absolute Gasteiger partial charge is 0.325 e. The Morgan fingerprint density at radius 1 is 1.24 bits per heavy atom. The SMILES string of the molecule is O=C1Cc2cc(C(Br)C3Cc4ccccc43)c(Cl)cc2N1. The van der Waals surface area contributed by atoms with E-state index in [1.54, 1.807) is 0 Å². The van der Waals surface area contributed by atoms with Crippen molar-refractivity contribution in [3.63, 3.8) is 0 Å². The first kappa shape index (κ1) is 13.4. The highest BCUT2D eigenvalue weighted by Gasteiger charge is 2.34. The van der Waals surface area contributed by atoms with E-state index in [2.05, 4.69) is 51.6 Å². The van der Waals surface area contributed by atoms with Crippen LogP contribution in [-0.2, 0) is 17.6 Å². The van der Waals surface area contributed by atoms with E-state index in [-0.39, 0.29) is 10.7 Å². The van der Waals surface area contributed by atoms with Crippen LogP contribution in [0, 0.1) is 0 Å². The molecule has 0 saturated heterocycles. The molecule has 21 heavy (non-hydrogen) atoms. The Hall–Kier alpha value is -1.32. The second-order valence-corrected chi connectivity index (χ2v) is 7.06. The molecule has 1 aliphatic carbocycles. The Morgan fingerprint density at radius 2 is 2.05 bits per heavy atom. The van der Waals surface area contributed by atoms with Crippen molar-refractivity contribution in [2.45, 2.75) is 23.6 Å². The van der Waals surface area contributed by atoms with Gasteiger partial charge in [0.25, 0.3) is 0 Å². The molecule has 4 rings (SSSR count). The van der Waals surface area contributed by atoms with Crippen LogP contribution in [0.4, 0.5) is 5.69 Å². The molecule has 1 N–H and O–H groups in total. The van der Waals surface area contributed by atoms with Crippen molar-refractivity contribution in [3.05, 3.63) is 63.7 Å². The second-order valence-electron chi connectivity index (χ2n) is 5.67. The number of alkyl halides is 1. The van der Waals surface area contributed by atoms with E-state index in [4.69, 9.17) is 11.6 Å². The van der Waals surface area contributed by atoms with Gasteiger partial charge in [0.1, 0.15) is 0 Å². The van der Waals surface area contributed by atoms with Gasteiger partial charge in [0.2, 0.25) is 5.91 Å². The zero-order valence-electron chi connectivity index (χ0n) is 11.2. The molecule has 4 heteroatoms. The van der Waals surface area contributed by atoms with E-state index < -0.39 is 0 Å². The van der Waals surface area contributed by atoms with Gasteiger partial charge in [-0.3, -0.25) is 4.79 Å². The van der Waals surface area contributed by atoms with Crippen molar-refractivity contribution in [1.82, 2.24) is 0 Å². The first-order chi connectivity index (χ1) is 10.1. The van der Waals surface area contributed by atoms with Gasteiger partial charge in [-0.1, -0.05) is 57.9 Å². The molecule has 2 nitrogen and oxygen atoms in total. The minimum Gasteiger partial charge on any atom is -0.325 e. The summed E-state index contributed by atoms with van der Waals surface area (Å²) in [6.45, 7) is 0. The van der Waals surface area contributed by atoms with Crippen molar-refractivity contribution in [2.75, 3.05) is 5.32 Å². The van der Waals surface area contributed by atoms with Gasteiger partial charge in [0, 0.05) is 21.5 Å². The summed E-state index contributed by atoms with van der Waals surface area (Å²) in [5.74, 6) is 0.486. The van der Waals surface area contributed by atoms with Crippen LogP contribution in [0.5, 0.6) is 0 Å². The van der Waals surface area contributed by atoms with Gasteiger partial charge in [-0.2, -0.15) is 0 Å². The van der Waals surface area contributed by atoms with Crippen LogP contribution < -0.4 is 5.32 Å². The number of benzene rings is 2. The van der Waals surface area contributed by atoms with Gasteiger partial charge in [0.15, 0.2) is 0 Å². The lowest BCUT2D eigenvalue weighted by Gasteiger charge is -2.34. The maximum absolute atomic E-state index is 11.5. The second kappa shape index (κ2) is 4.85. The number of carbonyl (C=O) groups is 1. The van der Waals surface area contributed by atoms with Crippen LogP contribution in [-0.4, -0.2) is 5.91 Å². The van der Waals surface area contributed by atoms with Crippen molar-refractivity contribution in [2.24, 2.45) is 0 Å². The molecule has 1 aliphatic heterocycles. The van der Waals surface area contributed by atoms with Gasteiger partial charge in [0.05, 0.1) is 6.42 Å². The van der Waals surface area contributed by atoms with E-state index in [0.29, 0.717) is 17.4 Å². The lowest BCUT2D eigenvalue weighted by molar-refractivity contribution is -0.115. The molecule has 2 aromatic carbocycles. The molecule has 2 aliphatic rings. The van der Waals surface area contributed by atoms with Crippen molar-refractivity contribution >= 4 is 39.1 Å². The maximum Gasteiger partial charge on any atom is 0.228 e. The molecule has 0 saturated carbocycles. The number of rotatable bonds is 2. The van der Waals surface area contributed by atoms with Crippen molar-refractivity contribution < 1.29 is 4.79 Å². The van der Waals surface area contributed by atoms with Crippen LogP contribution in [0.3, 0.4) is 0 Å². The smallest absolute Gasteiger partial charge is 0.228 e. The highest BCUT2D eigenvalue weighted by molar-refractivity contribution is 9.09. The summed E-state index contributed by atoms with van der Waals surface area (Å²) in [6, 6.07) is 12.5. The Morgan fingerprint density at radius 3 is 2.86 bits per heavy atom. The number of anilines is 1. The fraction of sp³-hybridized carbons (Fsp3) is 0.235. The molecule has 2 unspecified atom stereocenters. The van der Waals surface area contributed by atoms with E-state index >= 15 is 0 Å². The molecular weight excluding hydrogens is 350 g/mol. The first-order valence-corrected chi connectivity index (χ1v) is 8.27. The third kappa shape index (κ3) is 2.11. The third-order valence-electron chi connectivity index (χ3n) is 4.39. The van der Waals surface area contributed by atoms with E-state index in [1.807, 2.05) is 6.07 Å². The van der Waals surface area contributed by atoms with Crippen molar-refractivity contribution in [1.29, 1.82) is 0 Å². The van der Waals surface area contributed by atoms with E-state index in [9.17, 15) is 4.79 Å². The zero-order chi connectivity index (χ0) is 14.6. The zero-order valence-corrected chi connectivity index (χ0v) is 13.5. The number of amides is 1. The van der Waals surface area contributed by atoms with Gasteiger partial charge in [-0.15, -0.1) is 0 Å². The Kier molecular flexibility index (Phi) is 3.09. The van der Waals surface area contributed by atoms with Crippen LogP contribution in [0.2, 0.25) is 5.02 Å². The number of halogens is 2. The molecule has 0 aromatic heterocycles. The molecular formula is C17H13BrClNO. The predicted molar refractivity (Wildman–Crippen MR) is 88.3 cm³/mol. The average Bonchev–Trinajstić information content (AvgIpc) is 2.78. The van der Waals surface area contributed by atoms with Gasteiger partial charge in [-0.25, -0.2) is 0 Å². The van der Waals surface area contributed by atoms with Crippen LogP contribution in [0.15, 0.2) is 36.4 Å². The summed E-state index contributed by atoms with van der Waals surface area (Å²) in [5, 5.41) is 3.55. The van der Waals surface area contributed by atoms with Gasteiger partial charge >= 0.3 is 0 Å². The summed E-state index contributed by atoms with van der Waals surface area (Å²) < 4.78 is 0. The van der Waals surface area contributed by atoms with Crippen molar-refractivity contribution in [3.8, 4) is 0 Å². The average molecular weight is 363 g/mol. The quantitative estimate of drug-likeness (QED) is 0.777. The normalized spacial score (nSPS) is 20.3. The molecule has 2 atom stereocenters. The number of fused-ring (bicyclic) bond motifs is 2. The van der Waals surface area contributed by atoms with E-state index in [0.717, 1.165) is 23.2 Å². The fourth-order valence-corrected chi connectivity index (χ4v) is 4.52. The lowest BCUT2D eigenvalue weighted by Crippen LogP contribution is -2.21. The minimum atomic E-state index is 0.0401. The molecule has 0 fully saturated rings. The molecule has 0 bridgehead atoms. The third-order valence-corrected chi connectivity index (χ3v) is 5.85. The van der Waals surface area contributed by atoms with Crippen LogP contribution in [0.25, 0.3) is 0 Å². The number of carbonyl (C=O) groups excluding carboxylic acids is 1. The highest BCUT2D eigenvalue weighted by Crippen LogP contribution is 2.50. The van der Waals surface area contributed by atoms with Crippen LogP contribution >= 0.6 is 27.5 Å². The maximum atomic E-state index is 11.5. The molecule has 1 amide bonds. The lowest BCUT2D eigenvalue weighted by atomic mass is 9.74. The van der Waals surface area contributed by atoms with Gasteiger partial charge in [-0.05, 0) is 34.7 Å². The van der Waals surface area contributed by atoms with E-state index in [1.165, 1.54) is 11.1 Å². The Bertz CT molecular complexity index is 758. The summed E-state index contributed by atoms with van der Waals surface area (Å²) >= 11 is 10.2.